The maximum Gasteiger partial charge on any atom is 0.275 e. The Morgan fingerprint density at radius 1 is 1.19 bits per heavy atom. The molecular weight excluding hydrogens is 204 g/mol. The number of carbonyl (C=O) groups is 1. The van der Waals surface area contributed by atoms with Crippen LogP contribution >= 0.6 is 0 Å². The summed E-state index contributed by atoms with van der Waals surface area (Å²) in [5, 5.41) is 2.88. The van der Waals surface area contributed by atoms with Gasteiger partial charge in [-0.25, -0.2) is 0 Å². The number of nitrogens with two attached hydrogens (primary N) is 1. The van der Waals surface area contributed by atoms with Crippen molar-refractivity contribution in [2.75, 3.05) is 66.0 Å². The lowest BCUT2D eigenvalue weighted by Crippen LogP contribution is -2.74. The normalized spacial score (nSPS) is 37.4. The van der Waals surface area contributed by atoms with E-state index < -0.39 is 0 Å². The third-order valence-corrected chi connectivity index (χ3v) is 4.29. The van der Waals surface area contributed by atoms with Crippen molar-refractivity contribution in [2.45, 2.75) is 0 Å². The van der Waals surface area contributed by atoms with E-state index in [1.807, 2.05) is 0 Å². The highest BCUT2D eigenvalue weighted by Gasteiger charge is 2.47. The molecule has 16 heavy (non-hydrogen) atoms. The number of piperazine rings is 3. The molecule has 3 aliphatic rings. The third-order valence-electron chi connectivity index (χ3n) is 4.29. The maximum absolute atomic E-state index is 11.7. The van der Waals surface area contributed by atoms with E-state index >= 15 is 0 Å². The quantitative estimate of drug-likeness (QED) is 0.567. The molecule has 0 aromatic rings. The van der Waals surface area contributed by atoms with Crippen LogP contribution in [-0.2, 0) is 4.79 Å². The van der Waals surface area contributed by atoms with Gasteiger partial charge in [-0.1, -0.05) is 0 Å². The molecule has 5 nitrogen and oxygen atoms in total. The number of hydrogen-bond donors (Lipinski definition) is 2. The predicted molar refractivity (Wildman–Crippen MR) is 62.6 cm³/mol. The highest BCUT2D eigenvalue weighted by atomic mass is 16.2. The Bertz CT molecular complexity index is 255. The summed E-state index contributed by atoms with van der Waals surface area (Å²) in [6.45, 7) is 8.94. The smallest absolute Gasteiger partial charge is 0.275 e. The minimum atomic E-state index is 0.170. The highest BCUT2D eigenvalue weighted by molar-refractivity contribution is 5.77. The molecule has 0 unspecified atom stereocenters. The van der Waals surface area contributed by atoms with E-state index in [0.29, 0.717) is 19.6 Å². The minimum absolute atomic E-state index is 0.170. The van der Waals surface area contributed by atoms with Gasteiger partial charge < -0.3 is 20.0 Å². The van der Waals surface area contributed by atoms with E-state index in [4.69, 9.17) is 5.73 Å². The van der Waals surface area contributed by atoms with Gasteiger partial charge in [0.05, 0.1) is 7.05 Å². The van der Waals surface area contributed by atoms with Gasteiger partial charge in [0, 0.05) is 13.1 Å². The van der Waals surface area contributed by atoms with Crippen LogP contribution in [-0.4, -0.2) is 80.8 Å². The fourth-order valence-electron chi connectivity index (χ4n) is 2.84. The average molecular weight is 228 g/mol. The van der Waals surface area contributed by atoms with Gasteiger partial charge in [-0.3, -0.25) is 4.79 Å². The number of likely N-dealkylation sites (N-methyl/N-ethyl adjacent to an activating group) is 1. The lowest BCUT2D eigenvalue weighted by atomic mass is 10.1. The molecule has 0 spiro atoms. The van der Waals surface area contributed by atoms with Crippen LogP contribution in [0.1, 0.15) is 0 Å². The summed E-state index contributed by atoms with van der Waals surface area (Å²) < 4.78 is 2.22. The standard InChI is InChI=1S/C11H23N4O/c1-14-4-7-15(8-5-14,9-6-14)10-11(16)13-3-2-12/h2-10,12H2,1H3/q+1/p+1. The van der Waals surface area contributed by atoms with E-state index in [0.717, 1.165) is 24.1 Å². The lowest BCUT2D eigenvalue weighted by molar-refractivity contribution is -1.07. The van der Waals surface area contributed by atoms with Crippen LogP contribution in [0.5, 0.6) is 0 Å². The molecule has 0 atom stereocenters. The van der Waals surface area contributed by atoms with Crippen molar-refractivity contribution in [3.63, 3.8) is 0 Å². The lowest BCUT2D eigenvalue weighted by Gasteiger charge is -2.53. The van der Waals surface area contributed by atoms with Crippen LogP contribution in [0.2, 0.25) is 0 Å². The molecule has 5 heteroatoms. The third kappa shape index (κ3) is 2.36. The molecule has 3 N–H and O–H groups in total. The number of fused-ring (bicyclic) bond motifs is 3. The topological polar surface area (TPSA) is 55.1 Å². The average Bonchev–Trinajstić information content (AvgIpc) is 2.29. The molecular formula is C11H24N4O+2. The van der Waals surface area contributed by atoms with Crippen molar-refractivity contribution in [1.82, 2.24) is 5.32 Å². The van der Waals surface area contributed by atoms with Crippen molar-refractivity contribution >= 4 is 5.91 Å². The second-order valence-electron chi connectivity index (χ2n) is 5.60. The Balaban J connectivity index is 1.87. The van der Waals surface area contributed by atoms with E-state index in [1.54, 1.807) is 0 Å². The van der Waals surface area contributed by atoms with Crippen LogP contribution in [0.4, 0.5) is 0 Å². The van der Waals surface area contributed by atoms with Gasteiger partial charge in [0.1, 0.15) is 39.3 Å². The van der Waals surface area contributed by atoms with Crippen LogP contribution in [0, 0.1) is 0 Å². The number of rotatable bonds is 4. The Morgan fingerprint density at radius 3 is 2.25 bits per heavy atom. The number of hydrogen-bond acceptors (Lipinski definition) is 2. The van der Waals surface area contributed by atoms with E-state index in [9.17, 15) is 4.79 Å². The van der Waals surface area contributed by atoms with Crippen molar-refractivity contribution < 1.29 is 13.8 Å². The molecule has 3 saturated heterocycles. The van der Waals surface area contributed by atoms with Gasteiger partial charge in [0.2, 0.25) is 0 Å². The number of quaternary nitrogens is 2. The molecule has 2 bridgehead atoms. The van der Waals surface area contributed by atoms with E-state index in [-0.39, 0.29) is 5.91 Å². The van der Waals surface area contributed by atoms with Crippen LogP contribution in [0.3, 0.4) is 0 Å². The summed E-state index contributed by atoms with van der Waals surface area (Å²) in [5.74, 6) is 0.170. The van der Waals surface area contributed by atoms with Gasteiger partial charge >= 0.3 is 0 Å². The molecule has 1 amide bonds. The zero-order valence-corrected chi connectivity index (χ0v) is 10.2. The van der Waals surface area contributed by atoms with Crippen LogP contribution < -0.4 is 11.1 Å². The monoisotopic (exact) mass is 228 g/mol. The fraction of sp³-hybridized carbons (Fsp3) is 0.909. The molecule has 0 saturated carbocycles. The fourth-order valence-corrected chi connectivity index (χ4v) is 2.84. The predicted octanol–water partition coefficient (Wildman–Crippen LogP) is -1.65. The number of nitrogens with one attached hydrogen (secondary N) is 1. The summed E-state index contributed by atoms with van der Waals surface area (Å²) in [7, 11) is 2.33. The van der Waals surface area contributed by atoms with E-state index in [1.165, 1.54) is 24.1 Å². The van der Waals surface area contributed by atoms with Crippen molar-refractivity contribution in [2.24, 2.45) is 5.73 Å². The van der Waals surface area contributed by atoms with Crippen molar-refractivity contribution in [3.05, 3.63) is 0 Å². The summed E-state index contributed by atoms with van der Waals surface area (Å²) >= 11 is 0. The first-order valence-corrected chi connectivity index (χ1v) is 6.23. The molecule has 0 radical (unpaired) electrons. The molecule has 3 aliphatic heterocycles. The summed E-state index contributed by atoms with van der Waals surface area (Å²) in [5.41, 5.74) is 5.38. The summed E-state index contributed by atoms with van der Waals surface area (Å²) in [4.78, 5) is 11.7. The second kappa shape index (κ2) is 4.31. The first-order chi connectivity index (χ1) is 7.58. The Morgan fingerprint density at radius 2 is 1.75 bits per heavy atom. The Labute approximate surface area is 97.4 Å². The zero-order valence-electron chi connectivity index (χ0n) is 10.2. The Hall–Kier alpha value is -0.650. The zero-order chi connectivity index (χ0) is 11.6. The van der Waals surface area contributed by atoms with Gasteiger partial charge in [-0.2, -0.15) is 0 Å². The number of carbonyl (C=O) groups excluding carboxylic acids is 1. The number of nitrogens with zero attached hydrogens (tertiary/aromatic N) is 2. The van der Waals surface area contributed by atoms with E-state index in [2.05, 4.69) is 12.4 Å². The van der Waals surface area contributed by atoms with Crippen LogP contribution in [0.15, 0.2) is 0 Å². The second-order valence-corrected chi connectivity index (χ2v) is 5.60. The Kier molecular flexibility index (Phi) is 3.19. The van der Waals surface area contributed by atoms with Gasteiger partial charge in [0.25, 0.3) is 5.91 Å². The van der Waals surface area contributed by atoms with Crippen molar-refractivity contribution in [1.29, 1.82) is 0 Å². The molecule has 0 aliphatic carbocycles. The molecule has 92 valence electrons. The summed E-state index contributed by atoms with van der Waals surface area (Å²) in [6.07, 6.45) is 0. The molecule has 3 fully saturated rings. The maximum atomic E-state index is 11.7. The summed E-state index contributed by atoms with van der Waals surface area (Å²) in [6, 6.07) is 0. The minimum Gasteiger partial charge on any atom is -0.350 e. The molecule has 3 heterocycles. The highest BCUT2D eigenvalue weighted by Crippen LogP contribution is 2.24. The van der Waals surface area contributed by atoms with Crippen LogP contribution in [0.25, 0.3) is 0 Å². The van der Waals surface area contributed by atoms with Gasteiger partial charge in [0.15, 0.2) is 6.54 Å². The molecule has 3 rings (SSSR count). The molecule has 0 aromatic heterocycles. The number of amides is 1. The first-order valence-electron chi connectivity index (χ1n) is 6.23. The van der Waals surface area contributed by atoms with Gasteiger partial charge in [-0.05, 0) is 0 Å². The van der Waals surface area contributed by atoms with Gasteiger partial charge in [-0.15, -0.1) is 0 Å². The first kappa shape index (κ1) is 11.8. The van der Waals surface area contributed by atoms with Crippen molar-refractivity contribution in [3.8, 4) is 0 Å². The molecule has 0 aromatic carbocycles. The SMILES string of the molecule is C[N+]12CC[N+](CC(=O)NCCN)(CC1)CC2. The largest absolute Gasteiger partial charge is 0.350 e.